The van der Waals surface area contributed by atoms with Gasteiger partial charge in [-0.2, -0.15) is 0 Å². The van der Waals surface area contributed by atoms with Gasteiger partial charge in [0.05, 0.1) is 17.4 Å². The van der Waals surface area contributed by atoms with Crippen molar-refractivity contribution in [1.29, 1.82) is 0 Å². The molecule has 25 heavy (non-hydrogen) atoms. The number of halogens is 1. The van der Waals surface area contributed by atoms with Crippen LogP contribution >= 0.6 is 0 Å². The van der Waals surface area contributed by atoms with E-state index in [1.807, 2.05) is 38.1 Å². The summed E-state index contributed by atoms with van der Waals surface area (Å²) in [6.45, 7) is 5.65. The number of benzene rings is 2. The van der Waals surface area contributed by atoms with Gasteiger partial charge >= 0.3 is 0 Å². The molecule has 6 heteroatoms. The summed E-state index contributed by atoms with van der Waals surface area (Å²) in [5.41, 5.74) is 3.74. The van der Waals surface area contributed by atoms with E-state index in [0.29, 0.717) is 5.69 Å². The van der Waals surface area contributed by atoms with E-state index in [2.05, 4.69) is 15.6 Å². The van der Waals surface area contributed by atoms with Crippen molar-refractivity contribution in [2.75, 3.05) is 0 Å². The second-order valence-corrected chi connectivity index (χ2v) is 6.02. The Morgan fingerprint density at radius 3 is 2.36 bits per heavy atom. The lowest BCUT2D eigenvalue weighted by Gasteiger charge is -2.13. The summed E-state index contributed by atoms with van der Waals surface area (Å²) in [6.07, 6.45) is 0. The fourth-order valence-electron chi connectivity index (χ4n) is 2.57. The molecule has 0 aliphatic heterocycles. The SMILES string of the molecule is Cc1ccc(-n2nnc(C(=O)N[C@@H](C)c3ccc(F)cc3)c2C)cc1. The molecule has 1 heterocycles. The number of nitrogens with one attached hydrogen (secondary N) is 1. The molecule has 1 atom stereocenters. The summed E-state index contributed by atoms with van der Waals surface area (Å²) >= 11 is 0. The van der Waals surface area contributed by atoms with Crippen LogP contribution in [0.1, 0.15) is 40.3 Å². The fourth-order valence-corrected chi connectivity index (χ4v) is 2.57. The minimum absolute atomic E-state index is 0.267. The topological polar surface area (TPSA) is 59.8 Å². The lowest BCUT2D eigenvalue weighted by molar-refractivity contribution is 0.0934. The molecule has 1 N–H and O–H groups in total. The normalized spacial score (nSPS) is 12.0. The Morgan fingerprint density at radius 2 is 1.72 bits per heavy atom. The van der Waals surface area contributed by atoms with Gasteiger partial charge in [0.25, 0.3) is 5.91 Å². The number of hydrogen-bond acceptors (Lipinski definition) is 3. The molecule has 0 saturated carbocycles. The monoisotopic (exact) mass is 338 g/mol. The van der Waals surface area contributed by atoms with Crippen molar-refractivity contribution < 1.29 is 9.18 Å². The molecule has 0 aliphatic carbocycles. The predicted molar refractivity (Wildman–Crippen MR) is 93.1 cm³/mol. The maximum atomic E-state index is 13.0. The zero-order chi connectivity index (χ0) is 18.0. The number of carbonyl (C=O) groups excluding carboxylic acids is 1. The minimum atomic E-state index is -0.312. The largest absolute Gasteiger partial charge is 0.344 e. The average Bonchev–Trinajstić information content (AvgIpc) is 2.98. The van der Waals surface area contributed by atoms with Crippen molar-refractivity contribution in [2.24, 2.45) is 0 Å². The van der Waals surface area contributed by atoms with Gasteiger partial charge in [0.1, 0.15) is 5.82 Å². The van der Waals surface area contributed by atoms with Gasteiger partial charge < -0.3 is 5.32 Å². The van der Waals surface area contributed by atoms with Gasteiger partial charge in [0.2, 0.25) is 0 Å². The van der Waals surface area contributed by atoms with Crippen LogP contribution in [0.3, 0.4) is 0 Å². The molecule has 128 valence electrons. The Hall–Kier alpha value is -3.02. The van der Waals surface area contributed by atoms with Crippen LogP contribution in [0, 0.1) is 19.7 Å². The highest BCUT2D eigenvalue weighted by atomic mass is 19.1. The van der Waals surface area contributed by atoms with Gasteiger partial charge in [0, 0.05) is 0 Å². The Kier molecular flexibility index (Phi) is 4.61. The molecular weight excluding hydrogens is 319 g/mol. The fraction of sp³-hybridized carbons (Fsp3) is 0.211. The lowest BCUT2D eigenvalue weighted by Crippen LogP contribution is -2.27. The zero-order valence-corrected chi connectivity index (χ0v) is 14.3. The number of aromatic nitrogens is 3. The standard InChI is InChI=1S/C19H19FN4O/c1-12-4-10-17(11-5-12)24-14(3)18(22-23-24)19(25)21-13(2)15-6-8-16(20)9-7-15/h4-11,13H,1-3H3,(H,21,25)/t13-/m0/s1. The van der Waals surface area contributed by atoms with Crippen molar-refractivity contribution in [1.82, 2.24) is 20.3 Å². The summed E-state index contributed by atoms with van der Waals surface area (Å²) in [4.78, 5) is 12.5. The lowest BCUT2D eigenvalue weighted by atomic mass is 10.1. The molecule has 0 unspecified atom stereocenters. The second-order valence-electron chi connectivity index (χ2n) is 6.02. The smallest absolute Gasteiger partial charge is 0.274 e. The maximum absolute atomic E-state index is 13.0. The van der Waals surface area contributed by atoms with Gasteiger partial charge in [-0.3, -0.25) is 4.79 Å². The number of hydrogen-bond donors (Lipinski definition) is 1. The molecule has 0 spiro atoms. The first kappa shape index (κ1) is 16.8. The van der Waals surface area contributed by atoms with Gasteiger partial charge in [-0.15, -0.1) is 5.10 Å². The molecular formula is C19H19FN4O. The van der Waals surface area contributed by atoms with Crippen LogP contribution in [0.4, 0.5) is 4.39 Å². The Balaban J connectivity index is 1.79. The van der Waals surface area contributed by atoms with Crippen LogP contribution in [-0.2, 0) is 0 Å². The molecule has 0 radical (unpaired) electrons. The number of rotatable bonds is 4. The number of aryl methyl sites for hydroxylation is 1. The van der Waals surface area contributed by atoms with Crippen molar-refractivity contribution in [3.8, 4) is 5.69 Å². The van der Waals surface area contributed by atoms with Crippen LogP contribution in [-0.4, -0.2) is 20.9 Å². The quantitative estimate of drug-likeness (QED) is 0.792. The molecule has 0 saturated heterocycles. The maximum Gasteiger partial charge on any atom is 0.274 e. The number of amides is 1. The van der Waals surface area contributed by atoms with Crippen molar-refractivity contribution in [3.05, 3.63) is 76.9 Å². The first-order valence-electron chi connectivity index (χ1n) is 8.01. The van der Waals surface area contributed by atoms with Gasteiger partial charge in [-0.1, -0.05) is 35.0 Å². The highest BCUT2D eigenvalue weighted by Gasteiger charge is 2.19. The van der Waals surface area contributed by atoms with E-state index in [1.165, 1.54) is 12.1 Å². The molecule has 1 amide bonds. The molecule has 0 aliphatic rings. The molecule has 0 fully saturated rings. The zero-order valence-electron chi connectivity index (χ0n) is 14.3. The molecule has 3 rings (SSSR count). The van der Waals surface area contributed by atoms with E-state index < -0.39 is 0 Å². The molecule has 2 aromatic carbocycles. The Morgan fingerprint density at radius 1 is 1.08 bits per heavy atom. The van der Waals surface area contributed by atoms with E-state index in [9.17, 15) is 9.18 Å². The van der Waals surface area contributed by atoms with E-state index in [0.717, 1.165) is 16.8 Å². The highest BCUT2D eigenvalue weighted by molar-refractivity contribution is 5.93. The molecule has 1 aromatic heterocycles. The first-order chi connectivity index (χ1) is 12.0. The summed E-state index contributed by atoms with van der Waals surface area (Å²) in [6, 6.07) is 13.6. The van der Waals surface area contributed by atoms with Crippen LogP contribution < -0.4 is 5.32 Å². The second kappa shape index (κ2) is 6.84. The van der Waals surface area contributed by atoms with Gasteiger partial charge in [0.15, 0.2) is 5.69 Å². The van der Waals surface area contributed by atoms with Crippen LogP contribution in [0.2, 0.25) is 0 Å². The highest BCUT2D eigenvalue weighted by Crippen LogP contribution is 2.16. The first-order valence-corrected chi connectivity index (χ1v) is 8.01. The summed E-state index contributed by atoms with van der Waals surface area (Å²) in [7, 11) is 0. The van der Waals surface area contributed by atoms with Gasteiger partial charge in [-0.05, 0) is 50.6 Å². The predicted octanol–water partition coefficient (Wildman–Crippen LogP) is 3.51. The number of carbonyl (C=O) groups is 1. The summed E-state index contributed by atoms with van der Waals surface area (Å²) in [5.74, 6) is -0.619. The van der Waals surface area contributed by atoms with Crippen molar-refractivity contribution in [3.63, 3.8) is 0 Å². The molecule has 5 nitrogen and oxygen atoms in total. The molecule has 0 bridgehead atoms. The Bertz CT molecular complexity index is 885. The average molecular weight is 338 g/mol. The van der Waals surface area contributed by atoms with Gasteiger partial charge in [-0.25, -0.2) is 9.07 Å². The summed E-state index contributed by atoms with van der Waals surface area (Å²) in [5, 5.41) is 11.0. The van der Waals surface area contributed by atoms with E-state index >= 15 is 0 Å². The third-order valence-corrected chi connectivity index (χ3v) is 4.11. The van der Waals surface area contributed by atoms with Crippen LogP contribution in [0.25, 0.3) is 5.69 Å². The van der Waals surface area contributed by atoms with Crippen LogP contribution in [0.15, 0.2) is 48.5 Å². The third kappa shape index (κ3) is 3.57. The van der Waals surface area contributed by atoms with Crippen LogP contribution in [0.5, 0.6) is 0 Å². The Labute approximate surface area is 145 Å². The minimum Gasteiger partial charge on any atom is -0.344 e. The van der Waals surface area contributed by atoms with E-state index in [4.69, 9.17) is 0 Å². The third-order valence-electron chi connectivity index (χ3n) is 4.11. The van der Waals surface area contributed by atoms with Crippen molar-refractivity contribution >= 4 is 5.91 Å². The van der Waals surface area contributed by atoms with E-state index in [-0.39, 0.29) is 23.5 Å². The number of nitrogens with zero attached hydrogens (tertiary/aromatic N) is 3. The van der Waals surface area contributed by atoms with Crippen molar-refractivity contribution in [2.45, 2.75) is 26.8 Å². The summed E-state index contributed by atoms with van der Waals surface area (Å²) < 4.78 is 14.6. The van der Waals surface area contributed by atoms with E-state index in [1.54, 1.807) is 23.7 Å². The molecule has 3 aromatic rings.